The number of pyridine rings is 1. The summed E-state index contributed by atoms with van der Waals surface area (Å²) in [5.74, 6) is 0.656. The molecule has 0 bridgehead atoms. The van der Waals surface area contributed by atoms with Crippen molar-refractivity contribution in [2.24, 2.45) is 12.8 Å². The van der Waals surface area contributed by atoms with Gasteiger partial charge in [-0.15, -0.1) is 0 Å². The van der Waals surface area contributed by atoms with Gasteiger partial charge in [0.2, 0.25) is 11.9 Å². The molecule has 0 aromatic carbocycles. The maximum absolute atomic E-state index is 9.58. The maximum atomic E-state index is 9.58. The predicted octanol–water partition coefficient (Wildman–Crippen LogP) is 0.464. The van der Waals surface area contributed by atoms with Gasteiger partial charge in [-0.05, 0) is 6.42 Å². The molecule has 0 aliphatic rings. The fourth-order valence-corrected chi connectivity index (χ4v) is 1.18. The minimum Gasteiger partial charge on any atom is -0.504 e. The molecule has 0 aliphatic heterocycles. The normalized spacial score (nSPS) is 10.2. The van der Waals surface area contributed by atoms with Crippen molar-refractivity contribution in [2.45, 2.75) is 19.9 Å². The molecule has 3 N–H and O–H groups in total. The van der Waals surface area contributed by atoms with Crippen LogP contribution in [0, 0.1) is 0 Å². The number of aromatic hydroxyl groups is 1. The van der Waals surface area contributed by atoms with Gasteiger partial charge in [-0.2, -0.15) is 0 Å². The molecule has 0 radical (unpaired) electrons. The summed E-state index contributed by atoms with van der Waals surface area (Å²) in [6.45, 7) is 3.03. The molecule has 4 heteroatoms. The van der Waals surface area contributed by atoms with E-state index in [0.717, 1.165) is 12.1 Å². The van der Waals surface area contributed by atoms with Crippen molar-refractivity contribution in [3.8, 4) is 11.5 Å². The van der Waals surface area contributed by atoms with E-state index in [9.17, 15) is 5.11 Å². The van der Waals surface area contributed by atoms with Crippen molar-refractivity contribution in [2.75, 3.05) is 6.61 Å². The zero-order valence-corrected chi connectivity index (χ0v) is 8.66. The highest BCUT2D eigenvalue weighted by molar-refractivity contribution is 5.35. The van der Waals surface area contributed by atoms with E-state index in [1.165, 1.54) is 0 Å². The van der Waals surface area contributed by atoms with Crippen LogP contribution >= 0.6 is 0 Å². The van der Waals surface area contributed by atoms with E-state index in [0.29, 0.717) is 18.9 Å². The SMILES string of the molecule is CCCOc1c[n+](C)c(CN)cc1O. The zero-order chi connectivity index (χ0) is 10.6. The highest BCUT2D eigenvalue weighted by atomic mass is 16.5. The summed E-state index contributed by atoms with van der Waals surface area (Å²) in [5, 5.41) is 9.58. The van der Waals surface area contributed by atoms with Crippen molar-refractivity contribution in [3.63, 3.8) is 0 Å². The molecule has 0 fully saturated rings. The first-order chi connectivity index (χ1) is 6.69. The Morgan fingerprint density at radius 2 is 2.29 bits per heavy atom. The molecule has 0 atom stereocenters. The molecule has 0 spiro atoms. The van der Waals surface area contributed by atoms with Crippen molar-refractivity contribution >= 4 is 0 Å². The van der Waals surface area contributed by atoms with Gasteiger partial charge in [-0.1, -0.05) is 6.92 Å². The molecule has 1 aromatic heterocycles. The fraction of sp³-hybridized carbons (Fsp3) is 0.500. The third kappa shape index (κ3) is 2.35. The monoisotopic (exact) mass is 197 g/mol. The van der Waals surface area contributed by atoms with Crippen LogP contribution in [0.15, 0.2) is 12.3 Å². The van der Waals surface area contributed by atoms with Gasteiger partial charge in [-0.3, -0.25) is 0 Å². The lowest BCUT2D eigenvalue weighted by molar-refractivity contribution is -0.679. The smallest absolute Gasteiger partial charge is 0.225 e. The number of rotatable bonds is 4. The Bertz CT molecular complexity index is 313. The van der Waals surface area contributed by atoms with Gasteiger partial charge < -0.3 is 15.6 Å². The Hall–Kier alpha value is -1.29. The molecule has 0 aliphatic carbocycles. The molecule has 1 aromatic rings. The second-order valence-electron chi connectivity index (χ2n) is 3.18. The number of aryl methyl sites for hydroxylation is 1. The third-order valence-corrected chi connectivity index (χ3v) is 1.99. The van der Waals surface area contributed by atoms with Crippen LogP contribution in [0.4, 0.5) is 0 Å². The van der Waals surface area contributed by atoms with E-state index in [4.69, 9.17) is 10.5 Å². The fourth-order valence-electron chi connectivity index (χ4n) is 1.18. The quantitative estimate of drug-likeness (QED) is 0.690. The molecular formula is C10H17N2O2+. The first-order valence-electron chi connectivity index (χ1n) is 4.73. The predicted molar refractivity (Wildman–Crippen MR) is 53.0 cm³/mol. The van der Waals surface area contributed by atoms with Crippen LogP contribution in [-0.2, 0) is 13.6 Å². The van der Waals surface area contributed by atoms with Crippen LogP contribution in [-0.4, -0.2) is 11.7 Å². The highest BCUT2D eigenvalue weighted by Gasteiger charge is 2.12. The van der Waals surface area contributed by atoms with Crippen LogP contribution in [0.5, 0.6) is 11.5 Å². The van der Waals surface area contributed by atoms with E-state index in [2.05, 4.69) is 0 Å². The summed E-state index contributed by atoms with van der Waals surface area (Å²) in [6.07, 6.45) is 2.66. The van der Waals surface area contributed by atoms with E-state index in [-0.39, 0.29) is 5.75 Å². The van der Waals surface area contributed by atoms with Crippen molar-refractivity contribution in [1.82, 2.24) is 0 Å². The third-order valence-electron chi connectivity index (χ3n) is 1.99. The number of hydrogen-bond donors (Lipinski definition) is 2. The Labute approximate surface area is 83.9 Å². The Balaban J connectivity index is 2.90. The summed E-state index contributed by atoms with van der Waals surface area (Å²) in [6, 6.07) is 1.63. The maximum Gasteiger partial charge on any atom is 0.225 e. The highest BCUT2D eigenvalue weighted by Crippen LogP contribution is 2.23. The number of nitrogens with two attached hydrogens (primary N) is 1. The van der Waals surface area contributed by atoms with Gasteiger partial charge in [0.15, 0.2) is 11.4 Å². The van der Waals surface area contributed by atoms with Crippen LogP contribution in [0.3, 0.4) is 0 Å². The standard InChI is InChI=1S/C10H16N2O2/c1-3-4-14-10-7-12(2)8(6-11)5-9(10)13/h5,7H,3-4,6,11H2,1-2H3/p+1. The van der Waals surface area contributed by atoms with E-state index in [1.807, 2.05) is 18.5 Å². The summed E-state index contributed by atoms with van der Waals surface area (Å²) >= 11 is 0. The van der Waals surface area contributed by atoms with Crippen LogP contribution in [0.1, 0.15) is 19.0 Å². The average Bonchev–Trinajstić information content (AvgIpc) is 2.18. The Morgan fingerprint density at radius 1 is 1.57 bits per heavy atom. The average molecular weight is 197 g/mol. The molecule has 0 unspecified atom stereocenters. The summed E-state index contributed by atoms with van der Waals surface area (Å²) in [7, 11) is 1.88. The van der Waals surface area contributed by atoms with E-state index >= 15 is 0 Å². The molecule has 0 saturated heterocycles. The van der Waals surface area contributed by atoms with Crippen LogP contribution in [0.2, 0.25) is 0 Å². The van der Waals surface area contributed by atoms with Gasteiger partial charge in [0.25, 0.3) is 0 Å². The second kappa shape index (κ2) is 4.81. The van der Waals surface area contributed by atoms with E-state index < -0.39 is 0 Å². The summed E-state index contributed by atoms with van der Waals surface area (Å²) < 4.78 is 7.21. The van der Waals surface area contributed by atoms with Gasteiger partial charge in [0.05, 0.1) is 19.2 Å². The van der Waals surface area contributed by atoms with Crippen molar-refractivity contribution < 1.29 is 14.4 Å². The van der Waals surface area contributed by atoms with Crippen LogP contribution in [0.25, 0.3) is 0 Å². The second-order valence-corrected chi connectivity index (χ2v) is 3.18. The number of ether oxygens (including phenoxy) is 1. The molecule has 4 nitrogen and oxygen atoms in total. The lowest BCUT2D eigenvalue weighted by atomic mass is 10.3. The summed E-state index contributed by atoms with van der Waals surface area (Å²) in [5.41, 5.74) is 6.36. The van der Waals surface area contributed by atoms with Gasteiger partial charge >= 0.3 is 0 Å². The van der Waals surface area contributed by atoms with Gasteiger partial charge in [0, 0.05) is 0 Å². The number of aromatic nitrogens is 1. The van der Waals surface area contributed by atoms with Crippen LogP contribution < -0.4 is 15.0 Å². The Morgan fingerprint density at radius 3 is 2.86 bits per heavy atom. The number of hydrogen-bond acceptors (Lipinski definition) is 3. The molecule has 1 rings (SSSR count). The molecule has 14 heavy (non-hydrogen) atoms. The molecule has 78 valence electrons. The lowest BCUT2D eigenvalue weighted by Crippen LogP contribution is -2.34. The summed E-state index contributed by atoms with van der Waals surface area (Å²) in [4.78, 5) is 0. The molecular weight excluding hydrogens is 180 g/mol. The number of nitrogens with zero attached hydrogens (tertiary/aromatic N) is 1. The van der Waals surface area contributed by atoms with E-state index in [1.54, 1.807) is 12.3 Å². The van der Waals surface area contributed by atoms with Crippen molar-refractivity contribution in [3.05, 3.63) is 18.0 Å². The first-order valence-corrected chi connectivity index (χ1v) is 4.73. The van der Waals surface area contributed by atoms with Crippen molar-refractivity contribution in [1.29, 1.82) is 0 Å². The first kappa shape index (κ1) is 10.8. The topological polar surface area (TPSA) is 59.4 Å². The zero-order valence-electron chi connectivity index (χ0n) is 8.66. The molecule has 1 heterocycles. The minimum absolute atomic E-state index is 0.150. The van der Waals surface area contributed by atoms with Gasteiger partial charge in [0.1, 0.15) is 7.05 Å². The lowest BCUT2D eigenvalue weighted by Gasteiger charge is -2.06. The molecule has 0 saturated carbocycles. The largest absolute Gasteiger partial charge is 0.504 e. The Kier molecular flexibility index (Phi) is 3.71. The minimum atomic E-state index is 0.150. The molecule has 0 amide bonds. The van der Waals surface area contributed by atoms with Gasteiger partial charge in [-0.25, -0.2) is 4.57 Å².